The van der Waals surface area contributed by atoms with Gasteiger partial charge in [-0.2, -0.15) is 4.98 Å². The number of H-pyrrole nitrogens is 1. The number of imidazole rings is 1. The fraction of sp³-hybridized carbons (Fsp3) is 0.478. The molecule has 1 aliphatic rings. The third-order valence-corrected chi connectivity index (χ3v) is 5.97. The van der Waals surface area contributed by atoms with E-state index in [1.807, 2.05) is 19.9 Å². The molecule has 8 nitrogen and oxygen atoms in total. The lowest BCUT2D eigenvalue weighted by Crippen LogP contribution is -2.37. The number of aryl methyl sites for hydroxylation is 2. The Morgan fingerprint density at radius 3 is 2.70 bits per heavy atom. The highest BCUT2D eigenvalue weighted by Gasteiger charge is 2.24. The number of amides is 1. The molecule has 0 saturated heterocycles. The number of nitrogens with one attached hydrogen (secondary N) is 3. The van der Waals surface area contributed by atoms with Gasteiger partial charge in [0, 0.05) is 12.2 Å². The van der Waals surface area contributed by atoms with Crippen molar-refractivity contribution in [1.29, 1.82) is 0 Å². The van der Waals surface area contributed by atoms with Crippen LogP contribution in [0.2, 0.25) is 0 Å². The fourth-order valence-corrected chi connectivity index (χ4v) is 4.07. The number of aromatic amines is 1. The van der Waals surface area contributed by atoms with E-state index in [4.69, 9.17) is 4.74 Å². The molecule has 1 aliphatic carbocycles. The number of hydrogen-bond acceptors (Lipinski definition) is 6. The second-order valence-corrected chi connectivity index (χ2v) is 8.64. The Kier molecular flexibility index (Phi) is 6.71. The molecular weight excluding hydrogens is 430 g/mol. The van der Waals surface area contributed by atoms with Crippen LogP contribution < -0.4 is 15.4 Å². The average Bonchev–Trinajstić information content (AvgIpc) is 3.17. The molecule has 0 bridgehead atoms. The number of ether oxygens (including phenoxy) is 1. The minimum absolute atomic E-state index is 0.0419. The van der Waals surface area contributed by atoms with Crippen LogP contribution in [0.1, 0.15) is 54.2 Å². The first-order chi connectivity index (χ1) is 15.8. The molecule has 1 amide bonds. The van der Waals surface area contributed by atoms with Crippen molar-refractivity contribution in [2.24, 2.45) is 5.92 Å². The van der Waals surface area contributed by atoms with E-state index in [9.17, 15) is 13.6 Å². The van der Waals surface area contributed by atoms with Gasteiger partial charge in [0.2, 0.25) is 11.8 Å². The highest BCUT2D eigenvalue weighted by Crippen LogP contribution is 2.27. The average molecular weight is 459 g/mol. The Morgan fingerprint density at radius 1 is 1.24 bits per heavy atom. The van der Waals surface area contributed by atoms with Crippen molar-refractivity contribution in [3.05, 3.63) is 35.2 Å². The van der Waals surface area contributed by atoms with Gasteiger partial charge in [-0.1, -0.05) is 6.92 Å². The first-order valence-electron chi connectivity index (χ1n) is 11.1. The maximum absolute atomic E-state index is 13.0. The van der Waals surface area contributed by atoms with Crippen LogP contribution in [0.15, 0.2) is 18.3 Å². The van der Waals surface area contributed by atoms with Gasteiger partial charge in [0.05, 0.1) is 11.4 Å². The van der Waals surface area contributed by atoms with Crippen LogP contribution in [0.3, 0.4) is 0 Å². The van der Waals surface area contributed by atoms with Crippen molar-refractivity contribution in [3.63, 3.8) is 0 Å². The number of rotatable bonds is 7. The molecule has 3 aromatic rings. The highest BCUT2D eigenvalue weighted by atomic mass is 19.3. The van der Waals surface area contributed by atoms with Gasteiger partial charge in [-0.3, -0.25) is 9.78 Å². The summed E-state index contributed by atoms with van der Waals surface area (Å²) in [4.78, 5) is 29.1. The molecule has 0 unspecified atom stereocenters. The zero-order valence-electron chi connectivity index (χ0n) is 18.9. The number of carbonyl (C=O) groups excluding carboxylic acids is 1. The number of halogens is 2. The first-order valence-corrected chi connectivity index (χ1v) is 11.1. The lowest BCUT2D eigenvalue weighted by molar-refractivity contribution is 0.0770. The number of hydrogen-bond donors (Lipinski definition) is 3. The van der Waals surface area contributed by atoms with E-state index in [2.05, 4.69) is 37.5 Å². The zero-order valence-corrected chi connectivity index (χ0v) is 18.9. The Morgan fingerprint density at radius 2 is 2.00 bits per heavy atom. The van der Waals surface area contributed by atoms with Crippen molar-refractivity contribution >= 4 is 28.7 Å². The van der Waals surface area contributed by atoms with Crippen LogP contribution in [0.4, 0.5) is 20.4 Å². The highest BCUT2D eigenvalue weighted by molar-refractivity contribution is 5.99. The van der Waals surface area contributed by atoms with E-state index in [0.29, 0.717) is 23.0 Å². The van der Waals surface area contributed by atoms with Gasteiger partial charge in [0.1, 0.15) is 11.1 Å². The molecule has 3 heterocycles. The van der Waals surface area contributed by atoms with Gasteiger partial charge in [-0.05, 0) is 63.1 Å². The molecule has 1 saturated carbocycles. The van der Waals surface area contributed by atoms with Gasteiger partial charge < -0.3 is 20.4 Å². The molecule has 0 aliphatic heterocycles. The zero-order chi connectivity index (χ0) is 23.5. The number of alkyl halides is 2. The Bertz CT molecular complexity index is 1120. The predicted octanol–water partition coefficient (Wildman–Crippen LogP) is 4.67. The van der Waals surface area contributed by atoms with Crippen molar-refractivity contribution in [2.45, 2.75) is 58.9 Å². The smallest absolute Gasteiger partial charge is 0.272 e. The second kappa shape index (κ2) is 9.68. The van der Waals surface area contributed by atoms with Crippen LogP contribution in [0.5, 0.6) is 5.88 Å². The number of anilines is 2. The van der Waals surface area contributed by atoms with E-state index in [0.717, 1.165) is 42.6 Å². The molecule has 3 aromatic heterocycles. The Labute approximate surface area is 190 Å². The van der Waals surface area contributed by atoms with E-state index >= 15 is 0 Å². The van der Waals surface area contributed by atoms with E-state index in [1.54, 1.807) is 6.20 Å². The van der Waals surface area contributed by atoms with Crippen molar-refractivity contribution in [3.8, 4) is 5.88 Å². The Hall–Kier alpha value is -3.30. The second-order valence-electron chi connectivity index (χ2n) is 8.64. The summed E-state index contributed by atoms with van der Waals surface area (Å²) < 4.78 is 30.8. The van der Waals surface area contributed by atoms with Gasteiger partial charge in [0.25, 0.3) is 12.3 Å². The minimum atomic E-state index is -2.69. The van der Waals surface area contributed by atoms with E-state index in [1.165, 1.54) is 6.07 Å². The van der Waals surface area contributed by atoms with Crippen molar-refractivity contribution in [2.75, 3.05) is 11.9 Å². The van der Waals surface area contributed by atoms with Gasteiger partial charge in [-0.15, -0.1) is 0 Å². The lowest BCUT2D eigenvalue weighted by atomic mass is 9.87. The summed E-state index contributed by atoms with van der Waals surface area (Å²) in [7, 11) is 0. The lowest BCUT2D eigenvalue weighted by Gasteiger charge is -2.27. The van der Waals surface area contributed by atoms with Gasteiger partial charge >= 0.3 is 0 Å². The maximum atomic E-state index is 13.0. The summed E-state index contributed by atoms with van der Waals surface area (Å²) >= 11 is 0. The normalized spacial score (nSPS) is 18.5. The minimum Gasteiger partial charge on any atom is -0.471 e. The van der Waals surface area contributed by atoms with Crippen molar-refractivity contribution < 1.29 is 18.3 Å². The van der Waals surface area contributed by atoms with Crippen LogP contribution >= 0.6 is 0 Å². The number of fused-ring (bicyclic) bond motifs is 1. The molecule has 176 valence electrons. The summed E-state index contributed by atoms with van der Waals surface area (Å²) in [6.07, 6.45) is 2.89. The molecule has 4 rings (SSSR count). The standard InChI is InChI=1S/C23H28F2N6O2/c1-12-4-6-15(7-5-12)27-21(32)16-10-17-20(30-22(16)33-11-18(24)25)31-23(28-17)29-19-13(2)8-9-26-14(19)3/h8-10,12,15,18H,4-7,11H2,1-3H3,(H,27,32)(H2,28,29,30,31)/t12-,15-. The number of nitrogens with zero attached hydrogens (tertiary/aromatic N) is 3. The fourth-order valence-electron chi connectivity index (χ4n) is 4.07. The van der Waals surface area contributed by atoms with Crippen LogP contribution in [-0.4, -0.2) is 44.9 Å². The SMILES string of the molecule is Cc1ccnc(C)c1Nc1nc2cc(C(=O)N[C@H]3CC[C@H](C)CC3)c(OCC(F)F)nc2[nH]1. The van der Waals surface area contributed by atoms with Crippen molar-refractivity contribution in [1.82, 2.24) is 25.3 Å². The quantitative estimate of drug-likeness (QED) is 0.475. The van der Waals surface area contributed by atoms with Gasteiger partial charge in [-0.25, -0.2) is 13.8 Å². The first kappa shape index (κ1) is 22.9. The molecule has 33 heavy (non-hydrogen) atoms. The third kappa shape index (κ3) is 5.37. The Balaban J connectivity index is 1.62. The molecule has 0 radical (unpaired) electrons. The summed E-state index contributed by atoms with van der Waals surface area (Å²) in [5.74, 6) is 0.497. The molecule has 0 spiro atoms. The van der Waals surface area contributed by atoms with Crippen LogP contribution in [-0.2, 0) is 0 Å². The van der Waals surface area contributed by atoms with Gasteiger partial charge in [0.15, 0.2) is 12.3 Å². The summed E-state index contributed by atoms with van der Waals surface area (Å²) in [5.41, 5.74) is 3.42. The summed E-state index contributed by atoms with van der Waals surface area (Å²) in [6, 6.07) is 3.44. The maximum Gasteiger partial charge on any atom is 0.272 e. The summed E-state index contributed by atoms with van der Waals surface area (Å²) in [5, 5.41) is 6.19. The third-order valence-electron chi connectivity index (χ3n) is 5.97. The summed E-state index contributed by atoms with van der Waals surface area (Å²) in [6.45, 7) is 5.17. The monoisotopic (exact) mass is 458 g/mol. The largest absolute Gasteiger partial charge is 0.471 e. The molecule has 0 atom stereocenters. The number of aromatic nitrogens is 4. The molecular formula is C23H28F2N6O2. The topological polar surface area (TPSA) is 105 Å². The van der Waals surface area contributed by atoms with E-state index < -0.39 is 18.9 Å². The number of pyridine rings is 2. The predicted molar refractivity (Wildman–Crippen MR) is 121 cm³/mol. The van der Waals surface area contributed by atoms with Crippen LogP contribution in [0, 0.1) is 19.8 Å². The molecule has 10 heteroatoms. The molecule has 0 aromatic carbocycles. The molecule has 3 N–H and O–H groups in total. The molecule has 1 fully saturated rings. The number of carbonyl (C=O) groups is 1. The van der Waals surface area contributed by atoms with Crippen LogP contribution in [0.25, 0.3) is 11.2 Å². The van der Waals surface area contributed by atoms with E-state index in [-0.39, 0.29) is 17.5 Å².